The molecular weight excluding hydrogens is 286 g/mol. The zero-order valence-electron chi connectivity index (χ0n) is 12.1. The summed E-state index contributed by atoms with van der Waals surface area (Å²) in [5.74, 6) is 0. The van der Waals surface area contributed by atoms with E-state index in [1.165, 1.54) is 0 Å². The minimum atomic E-state index is 0.632. The van der Waals surface area contributed by atoms with E-state index in [-0.39, 0.29) is 0 Å². The van der Waals surface area contributed by atoms with Crippen LogP contribution in [0.15, 0.2) is 71.5 Å². The summed E-state index contributed by atoms with van der Waals surface area (Å²) in [7, 11) is 0. The fraction of sp³-hybridized carbons (Fsp3) is 0. The molecule has 23 heavy (non-hydrogen) atoms. The topological polar surface area (TPSA) is 51.8 Å². The van der Waals surface area contributed by atoms with Crippen LogP contribution >= 0.6 is 0 Å². The molecule has 4 heterocycles. The Kier molecular flexibility index (Phi) is 2.46. The Morgan fingerprint density at radius 1 is 0.739 bits per heavy atom. The van der Waals surface area contributed by atoms with Crippen molar-refractivity contribution in [1.82, 2.24) is 15.0 Å². The van der Waals surface area contributed by atoms with Crippen LogP contribution < -0.4 is 0 Å². The van der Waals surface area contributed by atoms with Crippen LogP contribution in [0.1, 0.15) is 0 Å². The van der Waals surface area contributed by atoms with Gasteiger partial charge in [-0.15, -0.1) is 0 Å². The van der Waals surface area contributed by atoms with Crippen molar-refractivity contribution in [3.8, 4) is 11.4 Å². The van der Waals surface area contributed by atoms with Crippen LogP contribution in [-0.2, 0) is 0 Å². The Labute approximate surface area is 131 Å². The minimum Gasteiger partial charge on any atom is -0.436 e. The van der Waals surface area contributed by atoms with E-state index in [2.05, 4.69) is 27.1 Å². The lowest BCUT2D eigenvalue weighted by Crippen LogP contribution is -1.88. The molecule has 0 fully saturated rings. The molecule has 0 aliphatic rings. The molecule has 0 radical (unpaired) electrons. The number of rotatable bonds is 1. The third-order valence-corrected chi connectivity index (χ3v) is 4.05. The molecule has 4 nitrogen and oxygen atoms in total. The van der Waals surface area contributed by atoms with Gasteiger partial charge in [-0.3, -0.25) is 9.97 Å². The molecule has 0 unspecified atom stereocenters. The molecule has 0 bridgehead atoms. The Morgan fingerprint density at radius 2 is 1.65 bits per heavy atom. The van der Waals surface area contributed by atoms with Crippen LogP contribution in [0.5, 0.6) is 0 Å². The molecule has 0 N–H and O–H groups in total. The number of aromatic nitrogens is 3. The van der Waals surface area contributed by atoms with Gasteiger partial charge in [0.05, 0.1) is 17.6 Å². The standard InChI is InChI=1S/C19H11N3O/c1-2-5-13-12(4-1)7-9-20-18(13)16-10-15-14-6-3-8-21-19(14)23-17(15)11-22-16/h1-11H. The number of furan rings is 1. The maximum Gasteiger partial charge on any atom is 0.227 e. The van der Waals surface area contributed by atoms with E-state index in [0.717, 1.165) is 38.5 Å². The van der Waals surface area contributed by atoms with E-state index >= 15 is 0 Å². The molecule has 0 amide bonds. The second-order valence-electron chi connectivity index (χ2n) is 5.40. The third kappa shape index (κ3) is 1.82. The Bertz CT molecular complexity index is 1170. The van der Waals surface area contributed by atoms with Gasteiger partial charge in [0.1, 0.15) is 0 Å². The van der Waals surface area contributed by atoms with Crippen molar-refractivity contribution in [1.29, 1.82) is 0 Å². The highest BCUT2D eigenvalue weighted by atomic mass is 16.3. The zero-order chi connectivity index (χ0) is 15.2. The van der Waals surface area contributed by atoms with Crippen LogP contribution in [0.2, 0.25) is 0 Å². The summed E-state index contributed by atoms with van der Waals surface area (Å²) < 4.78 is 5.74. The molecule has 0 aliphatic heterocycles. The number of fused-ring (bicyclic) bond motifs is 4. The third-order valence-electron chi connectivity index (χ3n) is 4.05. The van der Waals surface area contributed by atoms with Crippen molar-refractivity contribution in [3.63, 3.8) is 0 Å². The normalized spacial score (nSPS) is 11.5. The quantitative estimate of drug-likeness (QED) is 0.454. The molecule has 0 saturated carbocycles. The molecule has 0 atom stereocenters. The Balaban J connectivity index is 1.84. The van der Waals surface area contributed by atoms with Gasteiger partial charge in [0, 0.05) is 28.6 Å². The molecule has 4 aromatic heterocycles. The molecule has 4 heteroatoms. The second-order valence-corrected chi connectivity index (χ2v) is 5.40. The molecule has 0 saturated heterocycles. The van der Waals surface area contributed by atoms with Gasteiger partial charge >= 0.3 is 0 Å². The Morgan fingerprint density at radius 3 is 2.65 bits per heavy atom. The van der Waals surface area contributed by atoms with E-state index in [4.69, 9.17) is 4.42 Å². The lowest BCUT2D eigenvalue weighted by Gasteiger charge is -2.04. The summed E-state index contributed by atoms with van der Waals surface area (Å²) in [6.07, 6.45) is 5.29. The van der Waals surface area contributed by atoms with Gasteiger partial charge in [0.15, 0.2) is 5.58 Å². The number of hydrogen-bond acceptors (Lipinski definition) is 4. The van der Waals surface area contributed by atoms with E-state index < -0.39 is 0 Å². The highest BCUT2D eigenvalue weighted by molar-refractivity contribution is 6.05. The summed E-state index contributed by atoms with van der Waals surface area (Å²) in [4.78, 5) is 13.3. The molecule has 0 spiro atoms. The summed E-state index contributed by atoms with van der Waals surface area (Å²) in [6.45, 7) is 0. The predicted molar refractivity (Wildman–Crippen MR) is 90.0 cm³/mol. The van der Waals surface area contributed by atoms with Crippen molar-refractivity contribution in [2.24, 2.45) is 0 Å². The molecule has 5 aromatic rings. The summed E-state index contributed by atoms with van der Waals surface area (Å²) in [6, 6.07) is 16.1. The fourth-order valence-electron chi connectivity index (χ4n) is 2.97. The SMILES string of the molecule is c1ccc2c(-c3cc4c(cn3)oc3ncccc34)nccc2c1. The monoisotopic (exact) mass is 297 g/mol. The smallest absolute Gasteiger partial charge is 0.227 e. The molecule has 5 rings (SSSR count). The van der Waals surface area contributed by atoms with Gasteiger partial charge in [0.25, 0.3) is 0 Å². The second kappa shape index (κ2) is 4.61. The van der Waals surface area contributed by atoms with Crippen molar-refractivity contribution in [2.45, 2.75) is 0 Å². The van der Waals surface area contributed by atoms with Gasteiger partial charge < -0.3 is 4.42 Å². The number of hydrogen-bond donors (Lipinski definition) is 0. The average Bonchev–Trinajstić information content (AvgIpc) is 2.99. The summed E-state index contributed by atoms with van der Waals surface area (Å²) in [5.41, 5.74) is 3.08. The summed E-state index contributed by atoms with van der Waals surface area (Å²) >= 11 is 0. The first-order valence-corrected chi connectivity index (χ1v) is 7.37. The van der Waals surface area contributed by atoms with Crippen molar-refractivity contribution >= 4 is 32.8 Å². The maximum atomic E-state index is 5.74. The van der Waals surface area contributed by atoms with Crippen molar-refractivity contribution < 1.29 is 4.42 Å². The minimum absolute atomic E-state index is 0.632. The highest BCUT2D eigenvalue weighted by Gasteiger charge is 2.12. The van der Waals surface area contributed by atoms with Gasteiger partial charge in [-0.1, -0.05) is 24.3 Å². The van der Waals surface area contributed by atoms with Gasteiger partial charge in [-0.2, -0.15) is 0 Å². The van der Waals surface area contributed by atoms with Crippen LogP contribution in [0.3, 0.4) is 0 Å². The van der Waals surface area contributed by atoms with E-state index in [9.17, 15) is 0 Å². The average molecular weight is 297 g/mol. The summed E-state index contributed by atoms with van der Waals surface area (Å²) in [5, 5.41) is 4.24. The first-order chi connectivity index (χ1) is 11.4. The number of nitrogens with zero attached hydrogens (tertiary/aromatic N) is 3. The highest BCUT2D eigenvalue weighted by Crippen LogP contribution is 2.31. The van der Waals surface area contributed by atoms with Crippen LogP contribution in [0.25, 0.3) is 44.2 Å². The predicted octanol–water partition coefficient (Wildman–Crippen LogP) is 4.59. The zero-order valence-corrected chi connectivity index (χ0v) is 12.1. The molecule has 108 valence electrons. The molecule has 0 aliphatic carbocycles. The Hall–Kier alpha value is -3.27. The number of pyridine rings is 3. The number of benzene rings is 1. The van der Waals surface area contributed by atoms with Crippen LogP contribution in [0.4, 0.5) is 0 Å². The van der Waals surface area contributed by atoms with Crippen molar-refractivity contribution in [2.75, 3.05) is 0 Å². The molecular formula is C19H11N3O. The van der Waals surface area contributed by atoms with Gasteiger partial charge in [-0.25, -0.2) is 4.98 Å². The van der Waals surface area contributed by atoms with Gasteiger partial charge in [0.2, 0.25) is 5.71 Å². The lowest BCUT2D eigenvalue weighted by molar-refractivity contribution is 0.652. The van der Waals surface area contributed by atoms with E-state index in [1.807, 2.05) is 42.6 Å². The lowest BCUT2D eigenvalue weighted by atomic mass is 10.1. The first-order valence-electron chi connectivity index (χ1n) is 7.37. The van der Waals surface area contributed by atoms with E-state index in [0.29, 0.717) is 5.71 Å². The van der Waals surface area contributed by atoms with Crippen molar-refractivity contribution in [3.05, 3.63) is 67.1 Å². The van der Waals surface area contributed by atoms with Gasteiger partial charge in [-0.05, 0) is 29.7 Å². The van der Waals surface area contributed by atoms with Crippen LogP contribution in [0, 0.1) is 0 Å². The maximum absolute atomic E-state index is 5.74. The largest absolute Gasteiger partial charge is 0.436 e. The fourth-order valence-corrected chi connectivity index (χ4v) is 2.97. The molecule has 1 aromatic carbocycles. The van der Waals surface area contributed by atoms with E-state index in [1.54, 1.807) is 12.4 Å². The first kappa shape index (κ1) is 12.3. The van der Waals surface area contributed by atoms with Crippen LogP contribution in [-0.4, -0.2) is 15.0 Å².